The van der Waals surface area contributed by atoms with Gasteiger partial charge < -0.3 is 9.47 Å². The molecule has 0 bridgehead atoms. The Bertz CT molecular complexity index is 739. The fourth-order valence-corrected chi connectivity index (χ4v) is 2.13. The summed E-state index contributed by atoms with van der Waals surface area (Å²) < 4.78 is 11.3. The zero-order valence-electron chi connectivity index (χ0n) is 11.5. The summed E-state index contributed by atoms with van der Waals surface area (Å²) in [5.41, 5.74) is 1.82. The second-order valence-electron chi connectivity index (χ2n) is 4.56. The Morgan fingerprint density at radius 2 is 1.70 bits per heavy atom. The van der Waals surface area contributed by atoms with Crippen LogP contribution in [-0.2, 0) is 0 Å². The van der Waals surface area contributed by atoms with E-state index in [9.17, 15) is 0 Å². The number of ether oxygens (including phenoxy) is 2. The Morgan fingerprint density at radius 1 is 0.900 bits per heavy atom. The number of pyridine rings is 1. The quantitative estimate of drug-likeness (QED) is 0.705. The second-order valence-corrected chi connectivity index (χ2v) is 4.56. The standard InChI is InChI=1S/C17H15NO2/c1-12-10-17(20-13-6-4-3-5-7-13)15-11-14(19-2)8-9-16(15)18-12/h3-11H,1-2H3. The molecular weight excluding hydrogens is 250 g/mol. The van der Waals surface area contributed by atoms with Crippen molar-refractivity contribution >= 4 is 10.9 Å². The van der Waals surface area contributed by atoms with Gasteiger partial charge in [0.05, 0.1) is 12.6 Å². The summed E-state index contributed by atoms with van der Waals surface area (Å²) in [6.07, 6.45) is 0. The molecule has 2 aromatic carbocycles. The lowest BCUT2D eigenvalue weighted by molar-refractivity contribution is 0.415. The molecule has 0 aliphatic carbocycles. The zero-order valence-corrected chi connectivity index (χ0v) is 11.5. The Balaban J connectivity index is 2.12. The predicted molar refractivity (Wildman–Crippen MR) is 79.5 cm³/mol. The maximum atomic E-state index is 5.98. The first-order valence-corrected chi connectivity index (χ1v) is 6.44. The van der Waals surface area contributed by atoms with Crippen LogP contribution in [0.2, 0.25) is 0 Å². The van der Waals surface area contributed by atoms with Gasteiger partial charge in [-0.3, -0.25) is 4.98 Å². The van der Waals surface area contributed by atoms with E-state index in [0.717, 1.165) is 33.8 Å². The molecule has 0 saturated carbocycles. The molecule has 3 heteroatoms. The Morgan fingerprint density at radius 3 is 2.45 bits per heavy atom. The van der Waals surface area contributed by atoms with E-state index in [1.807, 2.05) is 61.5 Å². The second kappa shape index (κ2) is 5.21. The highest BCUT2D eigenvalue weighted by Gasteiger charge is 2.07. The van der Waals surface area contributed by atoms with E-state index in [-0.39, 0.29) is 0 Å². The van der Waals surface area contributed by atoms with Crippen molar-refractivity contribution < 1.29 is 9.47 Å². The van der Waals surface area contributed by atoms with E-state index in [4.69, 9.17) is 9.47 Å². The SMILES string of the molecule is COc1ccc2nc(C)cc(Oc3ccccc3)c2c1. The molecule has 1 aromatic heterocycles. The molecule has 0 aliphatic heterocycles. The molecule has 20 heavy (non-hydrogen) atoms. The maximum absolute atomic E-state index is 5.98. The van der Waals surface area contributed by atoms with Crippen LogP contribution in [0, 0.1) is 6.92 Å². The molecule has 0 N–H and O–H groups in total. The zero-order chi connectivity index (χ0) is 13.9. The monoisotopic (exact) mass is 265 g/mol. The van der Waals surface area contributed by atoms with Crippen LogP contribution in [0.25, 0.3) is 10.9 Å². The molecule has 3 nitrogen and oxygen atoms in total. The predicted octanol–water partition coefficient (Wildman–Crippen LogP) is 4.34. The van der Waals surface area contributed by atoms with Gasteiger partial charge in [-0.15, -0.1) is 0 Å². The summed E-state index contributed by atoms with van der Waals surface area (Å²) >= 11 is 0. The van der Waals surface area contributed by atoms with Gasteiger partial charge in [0.2, 0.25) is 0 Å². The minimum absolute atomic E-state index is 0.789. The minimum atomic E-state index is 0.789. The summed E-state index contributed by atoms with van der Waals surface area (Å²) in [6.45, 7) is 1.96. The largest absolute Gasteiger partial charge is 0.497 e. The van der Waals surface area contributed by atoms with Gasteiger partial charge >= 0.3 is 0 Å². The van der Waals surface area contributed by atoms with Crippen molar-refractivity contribution in [2.75, 3.05) is 7.11 Å². The van der Waals surface area contributed by atoms with Gasteiger partial charge in [0.1, 0.15) is 17.2 Å². The molecule has 1 heterocycles. The lowest BCUT2D eigenvalue weighted by Crippen LogP contribution is -1.91. The number of aryl methyl sites for hydroxylation is 1. The average molecular weight is 265 g/mol. The molecule has 0 fully saturated rings. The number of rotatable bonds is 3. The Kier molecular flexibility index (Phi) is 3.25. The number of para-hydroxylation sites is 1. The third-order valence-corrected chi connectivity index (χ3v) is 3.08. The van der Waals surface area contributed by atoms with E-state index >= 15 is 0 Å². The van der Waals surface area contributed by atoms with Crippen molar-refractivity contribution in [2.45, 2.75) is 6.92 Å². The van der Waals surface area contributed by atoms with Crippen LogP contribution in [0.5, 0.6) is 17.2 Å². The van der Waals surface area contributed by atoms with E-state index in [1.54, 1.807) is 7.11 Å². The van der Waals surface area contributed by atoms with Gasteiger partial charge in [-0.1, -0.05) is 18.2 Å². The van der Waals surface area contributed by atoms with Crippen molar-refractivity contribution in [3.63, 3.8) is 0 Å². The first-order chi connectivity index (χ1) is 9.76. The fraction of sp³-hybridized carbons (Fsp3) is 0.118. The smallest absolute Gasteiger partial charge is 0.138 e. The van der Waals surface area contributed by atoms with Crippen LogP contribution in [0.1, 0.15) is 5.69 Å². The van der Waals surface area contributed by atoms with Crippen molar-refractivity contribution in [1.82, 2.24) is 4.98 Å². The highest BCUT2D eigenvalue weighted by atomic mass is 16.5. The Hall–Kier alpha value is -2.55. The molecule has 3 rings (SSSR count). The lowest BCUT2D eigenvalue weighted by Gasteiger charge is -2.11. The summed E-state index contributed by atoms with van der Waals surface area (Å²) in [4.78, 5) is 4.52. The topological polar surface area (TPSA) is 31.4 Å². The molecule has 3 aromatic rings. The number of fused-ring (bicyclic) bond motifs is 1. The molecule has 0 atom stereocenters. The molecule has 0 unspecified atom stereocenters. The van der Waals surface area contributed by atoms with Crippen LogP contribution in [0.3, 0.4) is 0 Å². The molecular formula is C17H15NO2. The lowest BCUT2D eigenvalue weighted by atomic mass is 10.1. The average Bonchev–Trinajstić information content (AvgIpc) is 2.48. The first kappa shape index (κ1) is 12.5. The molecule has 0 amide bonds. The summed E-state index contributed by atoms with van der Waals surface area (Å²) in [7, 11) is 1.65. The summed E-state index contributed by atoms with van der Waals surface area (Å²) in [5, 5.41) is 0.943. The van der Waals surface area contributed by atoms with E-state index in [0.29, 0.717) is 0 Å². The molecule has 100 valence electrons. The van der Waals surface area contributed by atoms with Crippen molar-refractivity contribution in [3.8, 4) is 17.2 Å². The summed E-state index contributed by atoms with van der Waals surface area (Å²) in [6, 6.07) is 17.5. The van der Waals surface area contributed by atoms with Gasteiger partial charge in [0, 0.05) is 17.1 Å². The van der Waals surface area contributed by atoms with Crippen LogP contribution in [-0.4, -0.2) is 12.1 Å². The molecule has 0 radical (unpaired) electrons. The number of hydrogen-bond donors (Lipinski definition) is 0. The van der Waals surface area contributed by atoms with E-state index in [2.05, 4.69) is 4.98 Å². The van der Waals surface area contributed by atoms with E-state index < -0.39 is 0 Å². The van der Waals surface area contributed by atoms with Gasteiger partial charge in [-0.25, -0.2) is 0 Å². The number of benzene rings is 2. The highest BCUT2D eigenvalue weighted by Crippen LogP contribution is 2.32. The van der Waals surface area contributed by atoms with Crippen LogP contribution in [0.4, 0.5) is 0 Å². The maximum Gasteiger partial charge on any atom is 0.138 e. The number of nitrogens with zero attached hydrogens (tertiary/aromatic N) is 1. The van der Waals surface area contributed by atoms with Crippen molar-refractivity contribution in [2.24, 2.45) is 0 Å². The minimum Gasteiger partial charge on any atom is -0.497 e. The molecule has 0 aliphatic rings. The molecule has 0 saturated heterocycles. The first-order valence-electron chi connectivity index (χ1n) is 6.44. The highest BCUT2D eigenvalue weighted by molar-refractivity contribution is 5.86. The van der Waals surface area contributed by atoms with Crippen LogP contribution < -0.4 is 9.47 Å². The van der Waals surface area contributed by atoms with Crippen LogP contribution in [0.15, 0.2) is 54.6 Å². The van der Waals surface area contributed by atoms with Gasteiger partial charge in [0.15, 0.2) is 0 Å². The number of methoxy groups -OCH3 is 1. The third-order valence-electron chi connectivity index (χ3n) is 3.08. The summed E-state index contributed by atoms with van der Waals surface area (Å²) in [5.74, 6) is 2.39. The van der Waals surface area contributed by atoms with Gasteiger partial charge in [0.25, 0.3) is 0 Å². The van der Waals surface area contributed by atoms with Gasteiger partial charge in [-0.05, 0) is 37.3 Å². The fourth-order valence-electron chi connectivity index (χ4n) is 2.13. The normalized spacial score (nSPS) is 10.5. The van der Waals surface area contributed by atoms with E-state index in [1.165, 1.54) is 0 Å². The van der Waals surface area contributed by atoms with Crippen molar-refractivity contribution in [1.29, 1.82) is 0 Å². The Labute approximate surface area is 117 Å². The number of aromatic nitrogens is 1. The van der Waals surface area contributed by atoms with Crippen LogP contribution >= 0.6 is 0 Å². The van der Waals surface area contributed by atoms with Gasteiger partial charge in [-0.2, -0.15) is 0 Å². The number of hydrogen-bond acceptors (Lipinski definition) is 3. The third kappa shape index (κ3) is 2.43. The van der Waals surface area contributed by atoms with Crippen molar-refractivity contribution in [3.05, 3.63) is 60.3 Å². The molecule has 0 spiro atoms.